The van der Waals surface area contributed by atoms with E-state index in [1.165, 1.54) is 21.6 Å². The monoisotopic (exact) mass is 614 g/mol. The molecular formula is C30H50N2O7S2. The third-order valence-electron chi connectivity index (χ3n) is 5.53. The normalized spacial score (nSPS) is 15.4. The van der Waals surface area contributed by atoms with Crippen molar-refractivity contribution in [1.82, 2.24) is 10.6 Å². The molecule has 41 heavy (non-hydrogen) atoms. The van der Waals surface area contributed by atoms with E-state index < -0.39 is 36.9 Å². The van der Waals surface area contributed by atoms with Crippen molar-refractivity contribution in [2.45, 2.75) is 82.7 Å². The highest BCUT2D eigenvalue weighted by Crippen LogP contribution is 2.19. The molecule has 0 unspecified atom stereocenters. The van der Waals surface area contributed by atoms with Gasteiger partial charge in [0, 0.05) is 31.0 Å². The van der Waals surface area contributed by atoms with Crippen LogP contribution in [0.15, 0.2) is 60.8 Å². The molecule has 0 aromatic heterocycles. The Labute approximate surface area is 253 Å². The average molecular weight is 615 g/mol. The molecule has 0 radical (unpaired) electrons. The fraction of sp³-hybridized carbons (Fsp3) is 0.600. The minimum absolute atomic E-state index is 0.0243. The van der Waals surface area contributed by atoms with Gasteiger partial charge in [-0.2, -0.15) is 0 Å². The van der Waals surface area contributed by atoms with Crippen LogP contribution in [-0.4, -0.2) is 93.0 Å². The molecule has 9 nitrogen and oxygen atoms in total. The van der Waals surface area contributed by atoms with Crippen molar-refractivity contribution in [3.05, 3.63) is 60.8 Å². The van der Waals surface area contributed by atoms with Gasteiger partial charge in [0.1, 0.15) is 18.3 Å². The van der Waals surface area contributed by atoms with E-state index >= 15 is 0 Å². The van der Waals surface area contributed by atoms with E-state index in [1.807, 2.05) is 0 Å². The lowest BCUT2D eigenvalue weighted by Gasteiger charge is -2.24. The van der Waals surface area contributed by atoms with Crippen LogP contribution in [0.1, 0.15) is 58.3 Å². The van der Waals surface area contributed by atoms with Crippen LogP contribution >= 0.6 is 21.6 Å². The summed E-state index contributed by atoms with van der Waals surface area (Å²) >= 11 is 0. The van der Waals surface area contributed by atoms with Crippen LogP contribution in [0.25, 0.3) is 0 Å². The highest BCUT2D eigenvalue weighted by atomic mass is 33.1. The van der Waals surface area contributed by atoms with Crippen molar-refractivity contribution in [3.63, 3.8) is 0 Å². The summed E-state index contributed by atoms with van der Waals surface area (Å²) in [4.78, 5) is 23.7. The minimum atomic E-state index is -1.93. The molecule has 7 N–H and O–H groups in total. The van der Waals surface area contributed by atoms with Crippen LogP contribution in [0.4, 0.5) is 0 Å². The molecule has 0 aliphatic carbocycles. The first kappa shape index (κ1) is 39.1. The summed E-state index contributed by atoms with van der Waals surface area (Å²) in [6.07, 6.45) is 21.3. The Balaban J connectivity index is 3.66. The van der Waals surface area contributed by atoms with Crippen molar-refractivity contribution < 1.29 is 35.1 Å². The number of rotatable bonds is 25. The molecule has 0 spiro atoms. The number of unbranched alkanes of at least 4 members (excludes halogenated alkanes) is 1. The molecule has 0 aliphatic heterocycles. The maximum Gasteiger partial charge on any atom is 0.251 e. The van der Waals surface area contributed by atoms with Crippen molar-refractivity contribution in [2.24, 2.45) is 0 Å². The summed E-state index contributed by atoms with van der Waals surface area (Å²) in [5, 5.41) is 52.3. The Morgan fingerprint density at radius 1 is 0.707 bits per heavy atom. The molecule has 0 fully saturated rings. The number of aliphatic hydroxyl groups excluding tert-OH is 5. The average Bonchev–Trinajstić information content (AvgIpc) is 2.98. The van der Waals surface area contributed by atoms with Crippen LogP contribution in [0.3, 0.4) is 0 Å². The van der Waals surface area contributed by atoms with Gasteiger partial charge in [0.15, 0.2) is 6.10 Å². The van der Waals surface area contributed by atoms with Gasteiger partial charge in [-0.15, -0.1) is 0 Å². The summed E-state index contributed by atoms with van der Waals surface area (Å²) in [6.45, 7) is 2.09. The maximum absolute atomic E-state index is 11.9. The van der Waals surface area contributed by atoms with Gasteiger partial charge >= 0.3 is 0 Å². The van der Waals surface area contributed by atoms with Crippen molar-refractivity contribution in [1.29, 1.82) is 0 Å². The molecule has 0 rings (SSSR count). The predicted octanol–water partition coefficient (Wildman–Crippen LogP) is 2.96. The zero-order valence-electron chi connectivity index (χ0n) is 24.1. The molecule has 0 aliphatic rings. The van der Waals surface area contributed by atoms with Crippen molar-refractivity contribution >= 4 is 33.4 Å². The number of hydrogen-bond donors (Lipinski definition) is 7. The minimum Gasteiger partial charge on any atom is -0.394 e. The Morgan fingerprint density at radius 2 is 1.20 bits per heavy atom. The summed E-state index contributed by atoms with van der Waals surface area (Å²) in [5.41, 5.74) is 0. The van der Waals surface area contributed by atoms with E-state index in [4.69, 9.17) is 5.11 Å². The zero-order chi connectivity index (χ0) is 30.6. The lowest BCUT2D eigenvalue weighted by atomic mass is 10.0. The Kier molecular flexibility index (Phi) is 27.0. The smallest absolute Gasteiger partial charge is 0.251 e. The summed E-state index contributed by atoms with van der Waals surface area (Å²) in [5.74, 6) is 0.369. The Hall–Kier alpha value is -1.86. The number of hydrogen-bond acceptors (Lipinski definition) is 9. The second-order valence-electron chi connectivity index (χ2n) is 9.06. The SMILES string of the molecule is CC/C=C\C/C=C\C/C=C\C/C=C\C/C=C\CCCC(=O)NCCSSCCNC(=O)[C@H](O)[C@@H](O)[C@H](O)[C@H](O)CO. The number of aliphatic hydroxyl groups is 5. The topological polar surface area (TPSA) is 159 Å². The van der Waals surface area contributed by atoms with Gasteiger partial charge in [-0.05, 0) is 44.9 Å². The molecule has 234 valence electrons. The highest BCUT2D eigenvalue weighted by molar-refractivity contribution is 8.76. The summed E-state index contributed by atoms with van der Waals surface area (Å²) < 4.78 is 0. The molecule has 0 heterocycles. The fourth-order valence-electron chi connectivity index (χ4n) is 3.19. The lowest BCUT2D eigenvalue weighted by molar-refractivity contribution is -0.148. The van der Waals surface area contributed by atoms with E-state index in [0.717, 1.165) is 44.9 Å². The predicted molar refractivity (Wildman–Crippen MR) is 170 cm³/mol. The first-order valence-electron chi connectivity index (χ1n) is 14.2. The number of nitrogens with one attached hydrogen (secondary N) is 2. The van der Waals surface area contributed by atoms with Crippen molar-refractivity contribution in [2.75, 3.05) is 31.2 Å². The van der Waals surface area contributed by atoms with E-state index in [0.29, 0.717) is 24.5 Å². The third-order valence-corrected chi connectivity index (χ3v) is 7.94. The molecular weight excluding hydrogens is 564 g/mol. The van der Waals surface area contributed by atoms with Crippen LogP contribution in [0, 0.1) is 0 Å². The number of carbonyl (C=O) groups is 2. The van der Waals surface area contributed by atoms with Gasteiger partial charge in [0.05, 0.1) is 6.61 Å². The van der Waals surface area contributed by atoms with Gasteiger partial charge < -0.3 is 36.2 Å². The van der Waals surface area contributed by atoms with Crippen LogP contribution < -0.4 is 10.6 Å². The number of amides is 2. The van der Waals surface area contributed by atoms with Gasteiger partial charge in [-0.3, -0.25) is 9.59 Å². The van der Waals surface area contributed by atoms with Crippen LogP contribution in [0.5, 0.6) is 0 Å². The van der Waals surface area contributed by atoms with Crippen LogP contribution in [-0.2, 0) is 9.59 Å². The molecule has 11 heteroatoms. The standard InChI is InChI=1S/C30H50N2O7S2/c1-2-3-4-5-6-7-8-9-10-11-12-13-14-15-16-17-18-19-26(35)31-20-22-40-41-23-21-32-30(39)29(38)28(37)27(36)25(34)24-33/h3-4,6-7,9-10,12-13,15-16,25,27-29,33-34,36-38H,2,5,8,11,14,17-24H2,1H3,(H,31,35)(H,32,39)/b4-3-,7-6-,10-9-,13-12-,16-15-/t25-,27-,28+,29-/m1/s1. The van der Waals surface area contributed by atoms with E-state index in [1.54, 1.807) is 0 Å². The zero-order valence-corrected chi connectivity index (χ0v) is 25.8. The largest absolute Gasteiger partial charge is 0.394 e. The molecule has 0 aromatic carbocycles. The molecule has 4 atom stereocenters. The van der Waals surface area contributed by atoms with Gasteiger partial charge in [-0.1, -0.05) is 89.3 Å². The van der Waals surface area contributed by atoms with E-state index in [2.05, 4.69) is 78.3 Å². The maximum atomic E-state index is 11.9. The second-order valence-corrected chi connectivity index (χ2v) is 11.8. The van der Waals surface area contributed by atoms with Crippen LogP contribution in [0.2, 0.25) is 0 Å². The second kappa shape index (κ2) is 28.3. The fourth-order valence-corrected chi connectivity index (χ4v) is 5.00. The third kappa shape index (κ3) is 23.4. The van der Waals surface area contributed by atoms with Gasteiger partial charge in [0.2, 0.25) is 5.91 Å². The first-order valence-corrected chi connectivity index (χ1v) is 16.7. The summed E-state index contributed by atoms with van der Waals surface area (Å²) in [6, 6.07) is 0. The molecule has 0 aromatic rings. The molecule has 0 bridgehead atoms. The Bertz CT molecular complexity index is 819. The van der Waals surface area contributed by atoms with Crippen molar-refractivity contribution in [3.8, 4) is 0 Å². The Morgan fingerprint density at radius 3 is 1.71 bits per heavy atom. The first-order chi connectivity index (χ1) is 19.8. The van der Waals surface area contributed by atoms with Gasteiger partial charge in [0.25, 0.3) is 5.91 Å². The molecule has 2 amide bonds. The van der Waals surface area contributed by atoms with E-state index in [9.17, 15) is 30.0 Å². The number of allylic oxidation sites excluding steroid dienone is 10. The molecule has 0 saturated heterocycles. The molecule has 0 saturated carbocycles. The van der Waals surface area contributed by atoms with E-state index in [-0.39, 0.29) is 12.5 Å². The lowest BCUT2D eigenvalue weighted by Crippen LogP contribution is -2.51. The quantitative estimate of drug-likeness (QED) is 0.0466. The number of carbonyl (C=O) groups excluding carboxylic acids is 2. The van der Waals surface area contributed by atoms with Gasteiger partial charge in [-0.25, -0.2) is 0 Å². The summed E-state index contributed by atoms with van der Waals surface area (Å²) in [7, 11) is 3.02. The highest BCUT2D eigenvalue weighted by Gasteiger charge is 2.33.